The summed E-state index contributed by atoms with van der Waals surface area (Å²) in [5.41, 5.74) is 0.906. The fraction of sp³-hybridized carbons (Fsp3) is 0.346. The Kier molecular flexibility index (Phi) is 5.52. The maximum atomic E-state index is 15.0. The lowest BCUT2D eigenvalue weighted by Gasteiger charge is -2.37. The molecule has 9 nitrogen and oxygen atoms in total. The molecule has 1 amide bonds. The lowest BCUT2D eigenvalue weighted by atomic mass is 10.0. The minimum absolute atomic E-state index is 0.0246. The molecule has 4 heterocycles. The molecule has 0 atom stereocenters. The highest BCUT2D eigenvalue weighted by atomic mass is 35.5. The lowest BCUT2D eigenvalue weighted by molar-refractivity contribution is -0.134. The Morgan fingerprint density at radius 1 is 1.14 bits per heavy atom. The zero-order valence-electron chi connectivity index (χ0n) is 20.4. The lowest BCUT2D eigenvalue weighted by Crippen LogP contribution is -2.52. The number of nitrogens with zero attached hydrogens (tertiary/aromatic N) is 6. The van der Waals surface area contributed by atoms with Gasteiger partial charge in [0, 0.05) is 48.0 Å². The number of piperazine rings is 1. The van der Waals surface area contributed by atoms with Gasteiger partial charge in [0.2, 0.25) is 11.8 Å². The van der Waals surface area contributed by atoms with Crippen molar-refractivity contribution in [2.24, 2.45) is 0 Å². The molecule has 0 unspecified atom stereocenters. The molecule has 0 N–H and O–H groups in total. The van der Waals surface area contributed by atoms with Gasteiger partial charge >= 0.3 is 0 Å². The molecule has 1 aliphatic carbocycles. The summed E-state index contributed by atoms with van der Waals surface area (Å²) in [6.45, 7) is 5.42. The fourth-order valence-electron chi connectivity index (χ4n) is 4.88. The highest BCUT2D eigenvalue weighted by Crippen LogP contribution is 2.49. The van der Waals surface area contributed by atoms with Crippen LogP contribution in [-0.2, 0) is 10.2 Å². The van der Waals surface area contributed by atoms with Crippen molar-refractivity contribution in [1.29, 1.82) is 0 Å². The summed E-state index contributed by atoms with van der Waals surface area (Å²) in [7, 11) is 0. The van der Waals surface area contributed by atoms with Gasteiger partial charge < -0.3 is 14.2 Å². The molecule has 1 saturated heterocycles. The van der Waals surface area contributed by atoms with Crippen LogP contribution < -0.4 is 10.5 Å². The molecule has 0 spiro atoms. The predicted molar refractivity (Wildman–Crippen MR) is 135 cm³/mol. The van der Waals surface area contributed by atoms with E-state index in [1.807, 2.05) is 9.80 Å². The number of carbonyl (C=O) groups is 1. The molecule has 11 heteroatoms. The number of carbonyl (C=O) groups excluding carboxylic acids is 1. The number of hydrogen-bond acceptors (Lipinski definition) is 7. The van der Waals surface area contributed by atoms with Crippen molar-refractivity contribution in [2.75, 3.05) is 31.1 Å². The Bertz CT molecular complexity index is 1590. The van der Waals surface area contributed by atoms with Crippen molar-refractivity contribution in [3.63, 3.8) is 0 Å². The molecular formula is C26H24ClFN6O3. The van der Waals surface area contributed by atoms with Crippen LogP contribution in [0.1, 0.15) is 30.0 Å². The first kappa shape index (κ1) is 23.6. The maximum Gasteiger partial charge on any atom is 0.261 e. The van der Waals surface area contributed by atoms with Crippen molar-refractivity contribution in [3.05, 3.63) is 75.2 Å². The van der Waals surface area contributed by atoms with Crippen LogP contribution in [0.2, 0.25) is 5.02 Å². The SMILES string of the molecule is Cc1nc2c(-c3ccc(Cl)cc3F)nc(N3CCN(C(=O)C4(c5ncco5)CC4)CC3)cn2c(=O)c1C. The molecule has 6 rings (SSSR count). The molecule has 2 fully saturated rings. The van der Waals surface area contributed by atoms with Crippen LogP contribution in [0.5, 0.6) is 0 Å². The second-order valence-electron chi connectivity index (χ2n) is 9.59. The zero-order valence-corrected chi connectivity index (χ0v) is 21.1. The maximum absolute atomic E-state index is 15.0. The summed E-state index contributed by atoms with van der Waals surface area (Å²) in [5, 5.41) is 0.262. The van der Waals surface area contributed by atoms with Gasteiger partial charge in [-0.1, -0.05) is 11.6 Å². The second kappa shape index (κ2) is 8.65. The van der Waals surface area contributed by atoms with Gasteiger partial charge in [0.1, 0.15) is 29.0 Å². The largest absolute Gasteiger partial charge is 0.448 e. The number of benzene rings is 1. The van der Waals surface area contributed by atoms with E-state index >= 15 is 0 Å². The third kappa shape index (κ3) is 3.87. The van der Waals surface area contributed by atoms with Gasteiger partial charge in [-0.25, -0.2) is 19.3 Å². The average Bonchev–Trinajstić information content (AvgIpc) is 3.52. The first-order valence-electron chi connectivity index (χ1n) is 12.1. The highest BCUT2D eigenvalue weighted by Gasteiger charge is 2.57. The molecule has 4 aromatic rings. The standard InChI is InChI=1S/C26H24ClFN6O3/c1-15-16(2)30-22-21(18-4-3-17(27)13-19(18)28)31-20(14-34(22)23(15)35)32-8-10-33(11-9-32)25(36)26(5-6-26)24-29-7-12-37-24/h3-4,7,12-14H,5-6,8-11H2,1-2H3. The summed E-state index contributed by atoms with van der Waals surface area (Å²) in [6, 6.07) is 4.34. The number of amides is 1. The van der Waals surface area contributed by atoms with E-state index < -0.39 is 11.2 Å². The van der Waals surface area contributed by atoms with Crippen LogP contribution >= 0.6 is 11.6 Å². The van der Waals surface area contributed by atoms with Crippen LogP contribution in [0.25, 0.3) is 16.9 Å². The Hall–Kier alpha value is -3.79. The Morgan fingerprint density at radius 2 is 1.89 bits per heavy atom. The Balaban J connectivity index is 1.35. The van der Waals surface area contributed by atoms with Gasteiger partial charge in [0.25, 0.3) is 5.56 Å². The van der Waals surface area contributed by atoms with Gasteiger partial charge in [-0.3, -0.25) is 14.0 Å². The van der Waals surface area contributed by atoms with Crippen molar-refractivity contribution in [1.82, 2.24) is 24.3 Å². The van der Waals surface area contributed by atoms with Gasteiger partial charge in [0.15, 0.2) is 5.65 Å². The Morgan fingerprint density at radius 3 is 2.54 bits per heavy atom. The minimum atomic E-state index is -0.652. The van der Waals surface area contributed by atoms with Gasteiger partial charge in [-0.15, -0.1) is 0 Å². The number of halogens is 2. The smallest absolute Gasteiger partial charge is 0.261 e. The number of rotatable bonds is 4. The molecule has 1 aliphatic heterocycles. The van der Waals surface area contributed by atoms with Crippen molar-refractivity contribution < 1.29 is 13.6 Å². The van der Waals surface area contributed by atoms with Gasteiger partial charge in [0.05, 0.1) is 12.4 Å². The quantitative estimate of drug-likeness (QED) is 0.404. The minimum Gasteiger partial charge on any atom is -0.448 e. The highest BCUT2D eigenvalue weighted by molar-refractivity contribution is 6.30. The molecule has 37 heavy (non-hydrogen) atoms. The van der Waals surface area contributed by atoms with Crippen LogP contribution in [-0.4, -0.2) is 56.3 Å². The number of aryl methyl sites for hydroxylation is 1. The van der Waals surface area contributed by atoms with E-state index in [1.54, 1.807) is 38.4 Å². The van der Waals surface area contributed by atoms with E-state index in [9.17, 15) is 14.0 Å². The van der Waals surface area contributed by atoms with E-state index in [0.717, 1.165) is 12.8 Å². The zero-order chi connectivity index (χ0) is 25.9. The second-order valence-corrected chi connectivity index (χ2v) is 10.0. The first-order valence-corrected chi connectivity index (χ1v) is 12.5. The van der Waals surface area contributed by atoms with E-state index in [0.29, 0.717) is 49.1 Å². The summed E-state index contributed by atoms with van der Waals surface area (Å²) in [5.74, 6) is 0.452. The molecule has 0 bridgehead atoms. The molecular weight excluding hydrogens is 499 g/mol. The topological polar surface area (TPSA) is 96.8 Å². The predicted octanol–water partition coefficient (Wildman–Crippen LogP) is 3.53. The van der Waals surface area contributed by atoms with Crippen molar-refractivity contribution in [2.45, 2.75) is 32.1 Å². The summed E-state index contributed by atoms with van der Waals surface area (Å²) < 4.78 is 21.9. The van der Waals surface area contributed by atoms with E-state index in [2.05, 4.69) is 9.97 Å². The van der Waals surface area contributed by atoms with Crippen molar-refractivity contribution >= 4 is 29.0 Å². The van der Waals surface area contributed by atoms with Crippen molar-refractivity contribution in [3.8, 4) is 11.3 Å². The molecule has 0 radical (unpaired) electrons. The fourth-order valence-corrected chi connectivity index (χ4v) is 5.04. The van der Waals surface area contributed by atoms with Crippen LogP contribution in [0.3, 0.4) is 0 Å². The number of anilines is 1. The molecule has 3 aromatic heterocycles. The normalized spacial score (nSPS) is 16.9. The monoisotopic (exact) mass is 522 g/mol. The molecule has 1 saturated carbocycles. The van der Waals surface area contributed by atoms with E-state index in [1.165, 1.54) is 16.7 Å². The number of fused-ring (bicyclic) bond motifs is 1. The van der Waals surface area contributed by atoms with E-state index in [4.69, 9.17) is 21.0 Å². The number of aromatic nitrogens is 4. The summed E-state index contributed by atoms with van der Waals surface area (Å²) in [6.07, 6.45) is 6.15. The third-order valence-corrected chi connectivity index (χ3v) is 7.58. The number of hydrogen-bond donors (Lipinski definition) is 0. The summed E-state index contributed by atoms with van der Waals surface area (Å²) in [4.78, 5) is 43.8. The molecule has 2 aliphatic rings. The summed E-state index contributed by atoms with van der Waals surface area (Å²) >= 11 is 5.97. The molecule has 1 aromatic carbocycles. The van der Waals surface area contributed by atoms with Gasteiger partial charge in [-0.2, -0.15) is 0 Å². The van der Waals surface area contributed by atoms with Crippen LogP contribution in [0.15, 0.2) is 46.1 Å². The molecule has 190 valence electrons. The van der Waals surface area contributed by atoms with Gasteiger partial charge in [-0.05, 0) is 44.9 Å². The number of oxazole rings is 1. The van der Waals surface area contributed by atoms with E-state index in [-0.39, 0.29) is 33.4 Å². The van der Waals surface area contributed by atoms with Crippen LogP contribution in [0.4, 0.5) is 10.2 Å². The first-order chi connectivity index (χ1) is 17.8. The third-order valence-electron chi connectivity index (χ3n) is 7.35. The van der Waals surface area contributed by atoms with Crippen LogP contribution in [0, 0.1) is 19.7 Å². The Labute approximate surface area is 216 Å². The average molecular weight is 523 g/mol.